The summed E-state index contributed by atoms with van der Waals surface area (Å²) in [5.74, 6) is 0.762. The van der Waals surface area contributed by atoms with Crippen LogP contribution in [0.3, 0.4) is 0 Å². The maximum Gasteiger partial charge on any atom is 0.225 e. The number of aliphatic hydroxyl groups excluding tert-OH is 1. The molecule has 1 aromatic rings. The van der Waals surface area contributed by atoms with Gasteiger partial charge in [0.2, 0.25) is 5.88 Å². The van der Waals surface area contributed by atoms with Gasteiger partial charge in [-0.05, 0) is 13.0 Å². The second-order valence-electron chi connectivity index (χ2n) is 3.31. The molecule has 6 nitrogen and oxygen atoms in total. The minimum absolute atomic E-state index is 0.0560. The molecule has 1 heterocycles. The highest BCUT2D eigenvalue weighted by Gasteiger charge is 2.17. The number of nitrogens with zero attached hydrogens (tertiary/aromatic N) is 1. The van der Waals surface area contributed by atoms with E-state index in [-0.39, 0.29) is 19.5 Å². The summed E-state index contributed by atoms with van der Waals surface area (Å²) in [6.07, 6.45) is 0.768. The second-order valence-corrected chi connectivity index (χ2v) is 3.31. The van der Waals surface area contributed by atoms with E-state index < -0.39 is 6.10 Å². The molecule has 1 N–H and O–H groups in total. The van der Waals surface area contributed by atoms with Gasteiger partial charge in [0.15, 0.2) is 13.6 Å². The predicted molar refractivity (Wildman–Crippen MR) is 59.9 cm³/mol. The monoisotopic (exact) mass is 243 g/mol. The van der Waals surface area contributed by atoms with Crippen LogP contribution in [0.5, 0.6) is 11.6 Å². The minimum atomic E-state index is -0.762. The molecular weight excluding hydrogens is 226 g/mol. The molecule has 1 rings (SSSR count). The average molecular weight is 243 g/mol. The van der Waals surface area contributed by atoms with Gasteiger partial charge in [0.1, 0.15) is 5.75 Å². The van der Waals surface area contributed by atoms with Crippen LogP contribution in [0.1, 0.15) is 18.6 Å². The van der Waals surface area contributed by atoms with Gasteiger partial charge in [0.25, 0.3) is 0 Å². The number of pyridine rings is 1. The van der Waals surface area contributed by atoms with Gasteiger partial charge >= 0.3 is 0 Å². The van der Waals surface area contributed by atoms with Crippen LogP contribution in [0.2, 0.25) is 0 Å². The average Bonchev–Trinajstić information content (AvgIpc) is 2.33. The molecule has 0 aliphatic rings. The summed E-state index contributed by atoms with van der Waals surface area (Å²) in [6.45, 7) is 1.75. The number of ether oxygens (including phenoxy) is 4. The van der Waals surface area contributed by atoms with Gasteiger partial charge in [0, 0.05) is 20.4 Å². The van der Waals surface area contributed by atoms with Crippen LogP contribution in [0.25, 0.3) is 0 Å². The topological polar surface area (TPSA) is 70.0 Å². The summed E-state index contributed by atoms with van der Waals surface area (Å²) >= 11 is 0. The van der Waals surface area contributed by atoms with Gasteiger partial charge in [-0.15, -0.1) is 0 Å². The van der Waals surface area contributed by atoms with Crippen molar-refractivity contribution in [2.45, 2.75) is 13.0 Å². The fraction of sp³-hybridized carbons (Fsp3) is 0.545. The van der Waals surface area contributed by atoms with E-state index in [1.54, 1.807) is 13.0 Å². The molecule has 0 unspecified atom stereocenters. The van der Waals surface area contributed by atoms with Crippen molar-refractivity contribution in [3.8, 4) is 11.6 Å². The lowest BCUT2D eigenvalue weighted by molar-refractivity contribution is 0.0384. The number of hydrogen-bond donors (Lipinski definition) is 1. The third-order valence-electron chi connectivity index (χ3n) is 1.98. The first-order chi connectivity index (χ1) is 8.20. The number of methoxy groups -OCH3 is 2. The van der Waals surface area contributed by atoms with Crippen LogP contribution in [-0.2, 0) is 9.47 Å². The van der Waals surface area contributed by atoms with Crippen LogP contribution in [0.15, 0.2) is 12.3 Å². The molecule has 1 atom stereocenters. The Morgan fingerprint density at radius 2 is 1.88 bits per heavy atom. The van der Waals surface area contributed by atoms with Gasteiger partial charge in [-0.1, -0.05) is 0 Å². The molecule has 0 aromatic carbocycles. The number of hydrogen-bond acceptors (Lipinski definition) is 6. The Balaban J connectivity index is 2.95. The first kappa shape index (κ1) is 13.7. The Morgan fingerprint density at radius 3 is 2.47 bits per heavy atom. The van der Waals surface area contributed by atoms with Gasteiger partial charge in [-0.3, -0.25) is 0 Å². The Bertz CT molecular complexity index is 316. The summed E-state index contributed by atoms with van der Waals surface area (Å²) in [7, 11) is 3.03. The molecule has 0 spiro atoms. The third-order valence-corrected chi connectivity index (χ3v) is 1.98. The lowest BCUT2D eigenvalue weighted by Gasteiger charge is -2.16. The Kier molecular flexibility index (Phi) is 5.68. The van der Waals surface area contributed by atoms with Crippen molar-refractivity contribution in [1.29, 1.82) is 0 Å². The largest absolute Gasteiger partial charge is 0.467 e. The Morgan fingerprint density at radius 1 is 1.24 bits per heavy atom. The summed E-state index contributed by atoms with van der Waals surface area (Å²) in [5, 5.41) is 9.70. The zero-order valence-electron chi connectivity index (χ0n) is 10.2. The standard InChI is InChI=1S/C11H17NO5/c1-8(13)10-9(16-6-14-2)4-5-12-11(10)17-7-15-3/h4-5,8,13H,6-7H2,1-3H3/t8-/m1/s1. The van der Waals surface area contributed by atoms with Crippen molar-refractivity contribution < 1.29 is 24.1 Å². The summed E-state index contributed by atoms with van der Waals surface area (Å²) in [5.41, 5.74) is 0.474. The SMILES string of the molecule is COCOc1ccnc(OCOC)c1[C@@H](C)O. The number of aliphatic hydroxyl groups is 1. The first-order valence-corrected chi connectivity index (χ1v) is 5.11. The van der Waals surface area contributed by atoms with Crippen LogP contribution in [0, 0.1) is 0 Å². The van der Waals surface area contributed by atoms with Crippen LogP contribution >= 0.6 is 0 Å². The van der Waals surface area contributed by atoms with E-state index in [1.165, 1.54) is 20.4 Å². The predicted octanol–water partition coefficient (Wildman–Crippen LogP) is 1.10. The molecule has 0 fully saturated rings. The molecule has 1 aromatic heterocycles. The van der Waals surface area contributed by atoms with E-state index in [1.807, 2.05) is 0 Å². The molecule has 0 amide bonds. The van der Waals surface area contributed by atoms with E-state index >= 15 is 0 Å². The zero-order valence-corrected chi connectivity index (χ0v) is 10.2. The lowest BCUT2D eigenvalue weighted by Crippen LogP contribution is -2.09. The van der Waals surface area contributed by atoms with Gasteiger partial charge in [0.05, 0.1) is 11.7 Å². The quantitative estimate of drug-likeness (QED) is 0.723. The number of aromatic nitrogens is 1. The normalized spacial score (nSPS) is 12.2. The van der Waals surface area contributed by atoms with Gasteiger partial charge in [-0.2, -0.15) is 0 Å². The molecule has 0 aliphatic heterocycles. The zero-order chi connectivity index (χ0) is 12.7. The van der Waals surface area contributed by atoms with Crippen molar-refractivity contribution in [2.24, 2.45) is 0 Å². The van der Waals surface area contributed by atoms with Crippen molar-refractivity contribution in [2.75, 3.05) is 27.8 Å². The highest BCUT2D eigenvalue weighted by atomic mass is 16.7. The maximum atomic E-state index is 9.70. The second kappa shape index (κ2) is 7.05. The maximum absolute atomic E-state index is 9.70. The molecule has 96 valence electrons. The van der Waals surface area contributed by atoms with Crippen LogP contribution in [0.4, 0.5) is 0 Å². The molecule has 0 saturated carbocycles. The molecule has 0 bridgehead atoms. The minimum Gasteiger partial charge on any atom is -0.467 e. The fourth-order valence-corrected chi connectivity index (χ4v) is 1.30. The molecule has 0 aliphatic carbocycles. The van der Waals surface area contributed by atoms with Crippen molar-refractivity contribution >= 4 is 0 Å². The summed E-state index contributed by atoms with van der Waals surface area (Å²) in [4.78, 5) is 4.02. The molecule has 0 radical (unpaired) electrons. The molecule has 0 saturated heterocycles. The fourth-order valence-electron chi connectivity index (χ4n) is 1.30. The van der Waals surface area contributed by atoms with E-state index in [9.17, 15) is 5.11 Å². The third kappa shape index (κ3) is 3.85. The number of rotatable bonds is 7. The van der Waals surface area contributed by atoms with E-state index in [4.69, 9.17) is 18.9 Å². The highest BCUT2D eigenvalue weighted by Crippen LogP contribution is 2.32. The van der Waals surface area contributed by atoms with Crippen molar-refractivity contribution in [3.63, 3.8) is 0 Å². The molecular formula is C11H17NO5. The first-order valence-electron chi connectivity index (χ1n) is 5.11. The molecule has 6 heteroatoms. The molecule has 17 heavy (non-hydrogen) atoms. The summed E-state index contributed by atoms with van der Waals surface area (Å²) < 4.78 is 20.2. The highest BCUT2D eigenvalue weighted by molar-refractivity contribution is 5.41. The Hall–Kier alpha value is -1.37. The summed E-state index contributed by atoms with van der Waals surface area (Å²) in [6, 6.07) is 1.64. The van der Waals surface area contributed by atoms with Gasteiger partial charge < -0.3 is 24.1 Å². The van der Waals surface area contributed by atoms with E-state index in [2.05, 4.69) is 4.98 Å². The van der Waals surface area contributed by atoms with Crippen molar-refractivity contribution in [1.82, 2.24) is 4.98 Å². The van der Waals surface area contributed by atoms with Gasteiger partial charge in [-0.25, -0.2) is 4.98 Å². The van der Waals surface area contributed by atoms with Crippen LogP contribution < -0.4 is 9.47 Å². The van der Waals surface area contributed by atoms with E-state index in [0.29, 0.717) is 11.3 Å². The van der Waals surface area contributed by atoms with Crippen molar-refractivity contribution in [3.05, 3.63) is 17.8 Å². The van der Waals surface area contributed by atoms with Crippen LogP contribution in [-0.4, -0.2) is 37.9 Å². The Labute approximate surface area is 100 Å². The smallest absolute Gasteiger partial charge is 0.225 e. The lowest BCUT2D eigenvalue weighted by atomic mass is 10.1. The van der Waals surface area contributed by atoms with E-state index in [0.717, 1.165) is 0 Å².